The second-order valence-corrected chi connectivity index (χ2v) is 5.77. The van der Waals surface area contributed by atoms with Crippen LogP contribution in [0.1, 0.15) is 6.92 Å². The summed E-state index contributed by atoms with van der Waals surface area (Å²) in [5.41, 5.74) is 4.37. The Morgan fingerprint density at radius 1 is 1.23 bits per heavy atom. The van der Waals surface area contributed by atoms with Crippen molar-refractivity contribution < 1.29 is 4.74 Å². The summed E-state index contributed by atoms with van der Waals surface area (Å²) in [4.78, 5) is 2.17. The summed E-state index contributed by atoms with van der Waals surface area (Å²) in [6.07, 6.45) is 0. The van der Waals surface area contributed by atoms with Gasteiger partial charge in [0.25, 0.3) is 0 Å². The molecule has 112 valence electrons. The molecule has 0 amide bonds. The molecule has 0 atom stereocenters. The second kappa shape index (κ2) is 5.30. The summed E-state index contributed by atoms with van der Waals surface area (Å²) in [5.74, 6) is 0. The molecule has 4 rings (SSSR count). The number of anilines is 1. The number of ether oxygens (including phenoxy) is 1. The third-order valence-electron chi connectivity index (χ3n) is 3.96. The van der Waals surface area contributed by atoms with Gasteiger partial charge in [0.15, 0.2) is 0 Å². The van der Waals surface area contributed by atoms with Crippen molar-refractivity contribution in [1.82, 2.24) is 9.78 Å². The molecule has 2 heterocycles. The maximum Gasteiger partial charge on any atom is 0.120 e. The van der Waals surface area contributed by atoms with Gasteiger partial charge in [0.05, 0.1) is 11.2 Å². The smallest absolute Gasteiger partial charge is 0.120 e. The Bertz CT molecular complexity index is 843. The number of aromatic nitrogens is 2. The monoisotopic (exact) mass is 313 g/mol. The largest absolute Gasteiger partial charge is 0.361 e. The average Bonchev–Trinajstić information content (AvgIpc) is 2.90. The number of hydrogen-bond acceptors (Lipinski definition) is 3. The summed E-state index contributed by atoms with van der Waals surface area (Å²) >= 11 is 6.23. The van der Waals surface area contributed by atoms with Crippen LogP contribution in [-0.4, -0.2) is 23.1 Å². The summed E-state index contributed by atoms with van der Waals surface area (Å²) in [5, 5.41) is 6.60. The van der Waals surface area contributed by atoms with E-state index >= 15 is 0 Å². The SMILES string of the molecule is CCOCN1Cn2nc3ccccc3c2-c2cc(Cl)ccc21. The Morgan fingerprint density at radius 2 is 2.09 bits per heavy atom. The molecule has 3 aromatic rings. The van der Waals surface area contributed by atoms with E-state index in [1.165, 1.54) is 0 Å². The van der Waals surface area contributed by atoms with Crippen LogP contribution in [0.5, 0.6) is 0 Å². The third kappa shape index (κ3) is 2.07. The number of hydrogen-bond donors (Lipinski definition) is 0. The Balaban J connectivity index is 1.93. The lowest BCUT2D eigenvalue weighted by molar-refractivity contribution is 0.142. The van der Waals surface area contributed by atoms with E-state index in [0.717, 1.165) is 32.9 Å². The Morgan fingerprint density at radius 3 is 2.95 bits per heavy atom. The predicted octanol–water partition coefficient (Wildman–Crippen LogP) is 4.13. The summed E-state index contributed by atoms with van der Waals surface area (Å²) in [7, 11) is 0. The lowest BCUT2D eigenvalue weighted by Crippen LogP contribution is -2.33. The minimum Gasteiger partial charge on any atom is -0.361 e. The molecule has 0 spiro atoms. The van der Waals surface area contributed by atoms with Crippen molar-refractivity contribution in [1.29, 1.82) is 0 Å². The zero-order chi connectivity index (χ0) is 15.1. The number of benzene rings is 2. The van der Waals surface area contributed by atoms with Gasteiger partial charge in [-0.05, 0) is 31.2 Å². The predicted molar refractivity (Wildman–Crippen MR) is 89.2 cm³/mol. The lowest BCUT2D eigenvalue weighted by atomic mass is 10.0. The van der Waals surface area contributed by atoms with Gasteiger partial charge in [-0.25, -0.2) is 4.68 Å². The second-order valence-electron chi connectivity index (χ2n) is 5.33. The molecular formula is C17H16ClN3O. The van der Waals surface area contributed by atoms with Crippen molar-refractivity contribution in [3.05, 3.63) is 47.5 Å². The summed E-state index contributed by atoms with van der Waals surface area (Å²) in [6, 6.07) is 14.2. The van der Waals surface area contributed by atoms with Gasteiger partial charge < -0.3 is 9.64 Å². The molecule has 4 nitrogen and oxygen atoms in total. The van der Waals surface area contributed by atoms with E-state index in [2.05, 4.69) is 17.0 Å². The molecule has 0 unspecified atom stereocenters. The highest BCUT2D eigenvalue weighted by atomic mass is 35.5. The van der Waals surface area contributed by atoms with Gasteiger partial charge in [0.2, 0.25) is 0 Å². The first-order chi connectivity index (χ1) is 10.8. The van der Waals surface area contributed by atoms with Crippen LogP contribution in [-0.2, 0) is 11.4 Å². The van der Waals surface area contributed by atoms with Gasteiger partial charge in [-0.2, -0.15) is 5.10 Å². The van der Waals surface area contributed by atoms with Gasteiger partial charge >= 0.3 is 0 Å². The number of fused-ring (bicyclic) bond motifs is 5. The number of nitrogens with zero attached hydrogens (tertiary/aromatic N) is 3. The first kappa shape index (κ1) is 13.6. The quantitative estimate of drug-likeness (QED) is 0.728. The van der Waals surface area contributed by atoms with Crippen LogP contribution in [0.2, 0.25) is 5.02 Å². The molecule has 1 aromatic heterocycles. The Hall–Kier alpha value is -2.04. The van der Waals surface area contributed by atoms with Crippen LogP contribution >= 0.6 is 11.6 Å². The maximum absolute atomic E-state index is 6.23. The number of rotatable bonds is 3. The van der Waals surface area contributed by atoms with Gasteiger partial charge in [0.1, 0.15) is 13.4 Å². The zero-order valence-corrected chi connectivity index (χ0v) is 13.0. The van der Waals surface area contributed by atoms with Crippen LogP contribution in [0.4, 0.5) is 5.69 Å². The van der Waals surface area contributed by atoms with Crippen LogP contribution in [0.25, 0.3) is 22.2 Å². The summed E-state index contributed by atoms with van der Waals surface area (Å²) in [6.45, 7) is 3.91. The van der Waals surface area contributed by atoms with Crippen molar-refractivity contribution in [2.75, 3.05) is 18.2 Å². The fourth-order valence-corrected chi connectivity index (χ4v) is 3.16. The van der Waals surface area contributed by atoms with Gasteiger partial charge in [-0.1, -0.05) is 29.8 Å². The lowest BCUT2D eigenvalue weighted by Gasteiger charge is -2.31. The normalized spacial score (nSPS) is 13.3. The minimum absolute atomic E-state index is 0.542. The first-order valence-electron chi connectivity index (χ1n) is 7.36. The van der Waals surface area contributed by atoms with Crippen LogP contribution in [0.15, 0.2) is 42.5 Å². The molecule has 5 heteroatoms. The Labute approximate surface area is 133 Å². The van der Waals surface area contributed by atoms with Crippen molar-refractivity contribution in [3.8, 4) is 11.3 Å². The fourth-order valence-electron chi connectivity index (χ4n) is 2.99. The molecule has 0 N–H and O–H groups in total. The highest BCUT2D eigenvalue weighted by Crippen LogP contribution is 2.40. The van der Waals surface area contributed by atoms with E-state index in [-0.39, 0.29) is 0 Å². The van der Waals surface area contributed by atoms with Crippen molar-refractivity contribution in [2.24, 2.45) is 0 Å². The molecule has 0 aliphatic carbocycles. The molecule has 1 aliphatic rings. The summed E-state index contributed by atoms with van der Waals surface area (Å²) < 4.78 is 7.63. The van der Waals surface area contributed by atoms with E-state index < -0.39 is 0 Å². The molecule has 0 radical (unpaired) electrons. The maximum atomic E-state index is 6.23. The molecular weight excluding hydrogens is 298 g/mol. The van der Waals surface area contributed by atoms with Crippen LogP contribution in [0, 0.1) is 0 Å². The third-order valence-corrected chi connectivity index (χ3v) is 4.19. The van der Waals surface area contributed by atoms with E-state index in [1.54, 1.807) is 0 Å². The fraction of sp³-hybridized carbons (Fsp3) is 0.235. The zero-order valence-electron chi connectivity index (χ0n) is 12.3. The van der Waals surface area contributed by atoms with Crippen molar-refractivity contribution >= 4 is 28.2 Å². The minimum atomic E-state index is 0.542. The van der Waals surface area contributed by atoms with Crippen molar-refractivity contribution in [3.63, 3.8) is 0 Å². The van der Waals surface area contributed by atoms with Crippen LogP contribution in [0.3, 0.4) is 0 Å². The van der Waals surface area contributed by atoms with Crippen LogP contribution < -0.4 is 4.90 Å². The molecule has 1 aliphatic heterocycles. The number of halogens is 1. The first-order valence-corrected chi connectivity index (χ1v) is 7.74. The molecule has 0 fully saturated rings. The highest BCUT2D eigenvalue weighted by molar-refractivity contribution is 6.31. The van der Waals surface area contributed by atoms with Gasteiger partial charge in [-0.3, -0.25) is 0 Å². The van der Waals surface area contributed by atoms with E-state index in [1.807, 2.05) is 41.9 Å². The topological polar surface area (TPSA) is 30.3 Å². The molecule has 0 saturated carbocycles. The highest BCUT2D eigenvalue weighted by Gasteiger charge is 2.25. The average molecular weight is 314 g/mol. The van der Waals surface area contributed by atoms with E-state index in [4.69, 9.17) is 21.4 Å². The molecule has 22 heavy (non-hydrogen) atoms. The van der Waals surface area contributed by atoms with Crippen molar-refractivity contribution in [2.45, 2.75) is 13.6 Å². The molecule has 2 aromatic carbocycles. The van der Waals surface area contributed by atoms with Gasteiger partial charge in [-0.15, -0.1) is 0 Å². The Kier molecular flexibility index (Phi) is 3.28. The molecule has 0 saturated heterocycles. The van der Waals surface area contributed by atoms with E-state index in [0.29, 0.717) is 20.0 Å². The van der Waals surface area contributed by atoms with Gasteiger partial charge in [0, 0.05) is 28.3 Å². The standard InChI is InChI=1S/C17H16ClN3O/c1-2-22-11-20-10-21-17(13-5-3-4-6-15(13)19-21)14-9-12(18)7-8-16(14)20/h3-9H,2,10-11H2,1H3. The molecule has 0 bridgehead atoms. The van der Waals surface area contributed by atoms with E-state index in [9.17, 15) is 0 Å².